The highest BCUT2D eigenvalue weighted by Gasteiger charge is 2.07. The van der Waals surface area contributed by atoms with Crippen LogP contribution < -0.4 is 0 Å². The van der Waals surface area contributed by atoms with Gasteiger partial charge in [0.25, 0.3) is 0 Å². The first-order chi connectivity index (χ1) is 67.8. The van der Waals surface area contributed by atoms with Crippen LogP contribution in [0.4, 0.5) is 0 Å². The van der Waals surface area contributed by atoms with Crippen LogP contribution >= 0.6 is 0 Å². The fourth-order valence-corrected chi connectivity index (χ4v) is 22.0. The van der Waals surface area contributed by atoms with Crippen LogP contribution in [-0.2, 0) is 9.47 Å². The second-order valence-electron chi connectivity index (χ2n) is 45.4. The number of rotatable bonds is 130. The molecule has 0 fully saturated rings. The Morgan fingerprint density at radius 2 is 0.140 bits per heavy atom. The van der Waals surface area contributed by atoms with Gasteiger partial charge < -0.3 is 19.7 Å². The lowest BCUT2D eigenvalue weighted by molar-refractivity contribution is 0.241. The molecule has 0 saturated heterocycles. The SMILES string of the molecule is C=COCCCCCCCCCCCCCCCCCCCCCCCCCCCCCCCCCCCCCCCCCCCCCCCCCCCCCCCCCCCCCCCCOC=C.OCCCCCCCCCCCCCCCCCCCCCCCCCCCCCCCCCCCCCCCCCCCCCCCCCCCCCCCCCCCCCCCCO. The minimum absolute atomic E-state index is 0.374. The van der Waals surface area contributed by atoms with Gasteiger partial charge in [0.1, 0.15) is 0 Å². The summed E-state index contributed by atoms with van der Waals surface area (Å²) in [5, 5.41) is 17.7. The smallest absolute Gasteiger partial charge is 0.0873 e. The van der Waals surface area contributed by atoms with Gasteiger partial charge in [0.15, 0.2) is 0 Å². The summed E-state index contributed by atoms with van der Waals surface area (Å²) >= 11 is 0. The molecule has 0 heterocycles. The van der Waals surface area contributed by atoms with Crippen molar-refractivity contribution in [3.05, 3.63) is 25.7 Å². The lowest BCUT2D eigenvalue weighted by Crippen LogP contribution is -1.87. The highest BCUT2D eigenvalue weighted by atomic mass is 16.5. The third kappa shape index (κ3) is 139. The molecular formula is C132H264O4. The van der Waals surface area contributed by atoms with Gasteiger partial charge in [-0.25, -0.2) is 0 Å². The van der Waals surface area contributed by atoms with Crippen molar-refractivity contribution in [1.82, 2.24) is 0 Å². The van der Waals surface area contributed by atoms with E-state index in [-0.39, 0.29) is 0 Å². The Kier molecular flexibility index (Phi) is 139. The van der Waals surface area contributed by atoms with Gasteiger partial charge in [-0.05, 0) is 25.7 Å². The quantitative estimate of drug-likeness (QED) is 0.0471. The number of unbranched alkanes of at least 4 members (excludes halogenated alkanes) is 122. The van der Waals surface area contributed by atoms with E-state index in [1.165, 1.54) is 783 Å². The summed E-state index contributed by atoms with van der Waals surface area (Å²) in [6.07, 6.45) is 183. The van der Waals surface area contributed by atoms with Crippen molar-refractivity contribution >= 4 is 0 Å². The first-order valence-corrected chi connectivity index (χ1v) is 65.5. The van der Waals surface area contributed by atoms with Crippen LogP contribution in [0.1, 0.15) is 796 Å². The average Bonchev–Trinajstić information content (AvgIpc) is 1.10. The Hall–Kier alpha value is -1.00. The van der Waals surface area contributed by atoms with Crippen molar-refractivity contribution in [2.75, 3.05) is 26.4 Å². The summed E-state index contributed by atoms with van der Waals surface area (Å²) in [7, 11) is 0. The van der Waals surface area contributed by atoms with Crippen molar-refractivity contribution in [2.45, 2.75) is 796 Å². The van der Waals surface area contributed by atoms with E-state index in [0.29, 0.717) is 13.2 Å². The molecule has 0 atom stereocenters. The van der Waals surface area contributed by atoms with E-state index in [4.69, 9.17) is 19.7 Å². The molecule has 0 aliphatic heterocycles. The highest BCUT2D eigenvalue weighted by Crippen LogP contribution is 2.26. The average molecular weight is 1920 g/mol. The first-order valence-electron chi connectivity index (χ1n) is 65.5. The molecule has 0 aliphatic rings. The molecule has 0 bridgehead atoms. The molecule has 4 nitrogen and oxygen atoms in total. The molecule has 0 aromatic carbocycles. The normalized spacial score (nSPS) is 11.6. The first kappa shape index (κ1) is 137. The summed E-state index contributed by atoms with van der Waals surface area (Å²) in [6.45, 7) is 9.64. The zero-order valence-corrected chi connectivity index (χ0v) is 94.8. The van der Waals surface area contributed by atoms with Gasteiger partial charge in [0.05, 0.1) is 25.7 Å². The van der Waals surface area contributed by atoms with Crippen LogP contribution in [0.2, 0.25) is 0 Å². The monoisotopic (exact) mass is 1910 g/mol. The summed E-state index contributed by atoms with van der Waals surface area (Å²) in [6, 6.07) is 0. The number of aliphatic hydroxyl groups is 2. The number of aliphatic hydroxyl groups excluding tert-OH is 2. The van der Waals surface area contributed by atoms with Crippen molar-refractivity contribution < 1.29 is 19.7 Å². The van der Waals surface area contributed by atoms with Crippen molar-refractivity contribution in [2.24, 2.45) is 0 Å². The minimum Gasteiger partial charge on any atom is -0.502 e. The fourth-order valence-electron chi connectivity index (χ4n) is 22.0. The summed E-state index contributed by atoms with van der Waals surface area (Å²) < 4.78 is 10.4. The second kappa shape index (κ2) is 138. The molecule has 0 saturated carbocycles. The summed E-state index contributed by atoms with van der Waals surface area (Å²) in [5.74, 6) is 0. The third-order valence-corrected chi connectivity index (χ3v) is 31.6. The summed E-state index contributed by atoms with van der Waals surface area (Å²) in [4.78, 5) is 0. The Labute approximate surface area is 862 Å². The molecule has 816 valence electrons. The van der Waals surface area contributed by atoms with Gasteiger partial charge >= 0.3 is 0 Å². The predicted octanol–water partition coefficient (Wildman–Crippen LogP) is 48.6. The van der Waals surface area contributed by atoms with Gasteiger partial charge in [-0.1, -0.05) is 784 Å². The van der Waals surface area contributed by atoms with E-state index >= 15 is 0 Å². The maximum Gasteiger partial charge on any atom is 0.0873 e. The molecule has 0 amide bonds. The minimum atomic E-state index is 0.374. The van der Waals surface area contributed by atoms with E-state index < -0.39 is 0 Å². The molecule has 0 aromatic heterocycles. The van der Waals surface area contributed by atoms with Gasteiger partial charge in [0.2, 0.25) is 0 Å². The highest BCUT2D eigenvalue weighted by molar-refractivity contribution is 4.63. The molecule has 0 unspecified atom stereocenters. The van der Waals surface area contributed by atoms with Crippen LogP contribution in [0, 0.1) is 0 Å². The number of ether oxygens (including phenoxy) is 2. The zero-order chi connectivity index (χ0) is 97.3. The molecule has 0 aliphatic carbocycles. The summed E-state index contributed by atoms with van der Waals surface area (Å²) in [5.41, 5.74) is 0. The lowest BCUT2D eigenvalue weighted by atomic mass is 10.0. The Morgan fingerprint density at radius 3 is 0.191 bits per heavy atom. The van der Waals surface area contributed by atoms with Gasteiger partial charge in [0, 0.05) is 13.2 Å². The van der Waals surface area contributed by atoms with Crippen molar-refractivity contribution in [3.8, 4) is 0 Å². The van der Waals surface area contributed by atoms with E-state index in [0.717, 1.165) is 26.1 Å². The molecule has 4 heteroatoms. The molecule has 2 N–H and O–H groups in total. The van der Waals surface area contributed by atoms with Crippen LogP contribution in [0.3, 0.4) is 0 Å². The molecule has 0 rings (SSSR count). The topological polar surface area (TPSA) is 58.9 Å². The van der Waals surface area contributed by atoms with E-state index in [9.17, 15) is 0 Å². The Bertz CT molecular complexity index is 1810. The predicted molar refractivity (Wildman–Crippen MR) is 619 cm³/mol. The van der Waals surface area contributed by atoms with Crippen LogP contribution in [0.25, 0.3) is 0 Å². The molecule has 0 radical (unpaired) electrons. The zero-order valence-electron chi connectivity index (χ0n) is 94.8. The van der Waals surface area contributed by atoms with Crippen LogP contribution in [0.5, 0.6) is 0 Å². The number of hydrogen-bond donors (Lipinski definition) is 2. The second-order valence-corrected chi connectivity index (χ2v) is 45.4. The third-order valence-electron chi connectivity index (χ3n) is 31.6. The number of hydrogen-bond acceptors (Lipinski definition) is 4. The van der Waals surface area contributed by atoms with Crippen molar-refractivity contribution in [3.63, 3.8) is 0 Å². The van der Waals surface area contributed by atoms with Gasteiger partial charge in [-0.15, -0.1) is 0 Å². The fraction of sp³-hybridized carbons (Fsp3) is 0.970. The Morgan fingerprint density at radius 1 is 0.0882 bits per heavy atom. The maximum absolute atomic E-state index is 8.83. The van der Waals surface area contributed by atoms with E-state index in [1.54, 1.807) is 12.5 Å². The molecule has 136 heavy (non-hydrogen) atoms. The van der Waals surface area contributed by atoms with Crippen LogP contribution in [-0.4, -0.2) is 36.6 Å². The molecule has 0 spiro atoms. The van der Waals surface area contributed by atoms with Gasteiger partial charge in [-0.3, -0.25) is 0 Å². The molecular weight excluding hydrogens is 1650 g/mol. The Balaban J connectivity index is 0. The van der Waals surface area contributed by atoms with Crippen molar-refractivity contribution in [1.29, 1.82) is 0 Å². The maximum atomic E-state index is 8.83. The lowest BCUT2D eigenvalue weighted by Gasteiger charge is -2.05. The van der Waals surface area contributed by atoms with Gasteiger partial charge in [-0.2, -0.15) is 0 Å². The van der Waals surface area contributed by atoms with E-state index in [1.807, 2.05) is 0 Å². The van der Waals surface area contributed by atoms with Crippen LogP contribution in [0.15, 0.2) is 25.7 Å². The standard InChI is InChI=1S/C68H134O2.C64H130O2/c1-3-69-67-65-63-61-59-57-55-53-51-49-47-45-43-41-39-37-35-33-31-29-27-25-23-21-19-17-15-13-11-9-7-5-6-8-10-12-14-16-18-20-22-24-26-28-30-32-34-36-38-40-42-44-46-48-50-52-54-56-58-60-62-64-66-68-70-4-2;65-63-61-59-57-55-53-51-49-47-45-43-41-39-37-35-33-31-29-27-25-23-21-19-17-15-13-11-9-7-5-3-1-2-4-6-8-10-12-14-16-18-20-22-24-26-28-30-32-34-36-38-40-42-44-46-48-50-52-54-56-58-60-62-64-66/h3-4H,1-2,5-68H2;65-66H,1-64H2. The van der Waals surface area contributed by atoms with E-state index in [2.05, 4.69) is 13.2 Å². The largest absolute Gasteiger partial charge is 0.502 e. The molecule has 0 aromatic rings.